The monoisotopic (exact) mass is 146 g/mol. The molecule has 10 heavy (non-hydrogen) atoms. The zero-order valence-electron chi connectivity index (χ0n) is 5.92. The van der Waals surface area contributed by atoms with Crippen LogP contribution in [0.1, 0.15) is 12.8 Å². The third-order valence-corrected chi connectivity index (χ3v) is 1.37. The zero-order valence-corrected chi connectivity index (χ0v) is 5.92. The summed E-state index contributed by atoms with van der Waals surface area (Å²) in [6.07, 6.45) is 0.830. The Hall–Kier alpha value is -0.610. The van der Waals surface area contributed by atoms with Crippen molar-refractivity contribution in [3.63, 3.8) is 0 Å². The summed E-state index contributed by atoms with van der Waals surface area (Å²) in [6, 6.07) is 0. The van der Waals surface area contributed by atoms with Gasteiger partial charge in [0.2, 0.25) is 0 Å². The minimum atomic E-state index is -0.802. The van der Waals surface area contributed by atoms with E-state index in [9.17, 15) is 4.79 Å². The molecular formula is C6H14N2O2. The summed E-state index contributed by atoms with van der Waals surface area (Å²) >= 11 is 0. The second kappa shape index (κ2) is 5.20. The lowest BCUT2D eigenvalue weighted by molar-refractivity contribution is -0.138. The Morgan fingerprint density at radius 1 is 1.50 bits per heavy atom. The van der Waals surface area contributed by atoms with Crippen LogP contribution in [0.2, 0.25) is 0 Å². The van der Waals surface area contributed by atoms with Crippen LogP contribution in [0.5, 0.6) is 0 Å². The summed E-state index contributed by atoms with van der Waals surface area (Å²) in [5, 5.41) is 8.35. The smallest absolute Gasteiger partial charge is 0.303 e. The molecule has 0 aromatic carbocycles. The van der Waals surface area contributed by atoms with Crippen LogP contribution in [0, 0.1) is 5.92 Å². The molecule has 0 rings (SSSR count). The number of hydrogen-bond donors (Lipinski definition) is 3. The van der Waals surface area contributed by atoms with E-state index in [0.717, 1.165) is 0 Å². The lowest BCUT2D eigenvalue weighted by Crippen LogP contribution is -2.20. The van der Waals surface area contributed by atoms with Crippen LogP contribution in [0.4, 0.5) is 0 Å². The van der Waals surface area contributed by atoms with Gasteiger partial charge < -0.3 is 16.6 Å². The molecule has 5 N–H and O–H groups in total. The van der Waals surface area contributed by atoms with Gasteiger partial charge in [-0.1, -0.05) is 0 Å². The van der Waals surface area contributed by atoms with Crippen molar-refractivity contribution < 1.29 is 9.90 Å². The predicted molar refractivity (Wildman–Crippen MR) is 38.5 cm³/mol. The van der Waals surface area contributed by atoms with E-state index < -0.39 is 5.97 Å². The molecule has 0 spiro atoms. The average molecular weight is 146 g/mol. The summed E-state index contributed by atoms with van der Waals surface area (Å²) in [5.41, 5.74) is 10.5. The fourth-order valence-corrected chi connectivity index (χ4v) is 0.786. The maximum atomic E-state index is 10.1. The van der Waals surface area contributed by atoms with Crippen molar-refractivity contribution in [3.05, 3.63) is 0 Å². The van der Waals surface area contributed by atoms with Gasteiger partial charge in [0.05, 0.1) is 0 Å². The molecule has 0 aliphatic rings. The van der Waals surface area contributed by atoms with Crippen LogP contribution >= 0.6 is 0 Å². The summed E-state index contributed by atoms with van der Waals surface area (Å²) in [6.45, 7) is 0.915. The third-order valence-electron chi connectivity index (χ3n) is 1.37. The van der Waals surface area contributed by atoms with Gasteiger partial charge in [0.25, 0.3) is 0 Å². The number of carboxylic acid groups (broad SMARTS) is 1. The van der Waals surface area contributed by atoms with Gasteiger partial charge in [0, 0.05) is 6.42 Å². The van der Waals surface area contributed by atoms with E-state index in [1.165, 1.54) is 0 Å². The summed E-state index contributed by atoms with van der Waals surface area (Å²) in [7, 11) is 0. The minimum absolute atomic E-state index is 0.0440. The van der Waals surface area contributed by atoms with Crippen molar-refractivity contribution in [1.82, 2.24) is 0 Å². The van der Waals surface area contributed by atoms with Crippen LogP contribution < -0.4 is 11.5 Å². The molecule has 1 atom stereocenters. The van der Waals surface area contributed by atoms with E-state index in [1.54, 1.807) is 0 Å². The molecule has 0 fully saturated rings. The molecule has 0 saturated heterocycles. The summed E-state index contributed by atoms with van der Waals surface area (Å²) < 4.78 is 0. The fourth-order valence-electron chi connectivity index (χ4n) is 0.786. The minimum Gasteiger partial charge on any atom is -0.481 e. The van der Waals surface area contributed by atoms with Gasteiger partial charge in [0.1, 0.15) is 0 Å². The van der Waals surface area contributed by atoms with Gasteiger partial charge in [-0.05, 0) is 25.4 Å². The number of nitrogens with two attached hydrogens (primary N) is 2. The largest absolute Gasteiger partial charge is 0.481 e. The Morgan fingerprint density at radius 2 is 2.10 bits per heavy atom. The highest BCUT2D eigenvalue weighted by molar-refractivity contribution is 5.67. The standard InChI is InChI=1S/C6H14N2O2/c7-2-1-5(4-8)3-6(9)10/h5H,1-4,7-8H2,(H,9,10). The Labute approximate surface area is 60.2 Å². The molecule has 0 aliphatic heterocycles. The van der Waals surface area contributed by atoms with Gasteiger partial charge in [0.15, 0.2) is 0 Å². The molecule has 0 heterocycles. The first-order valence-corrected chi connectivity index (χ1v) is 3.32. The maximum Gasteiger partial charge on any atom is 0.303 e. The first kappa shape index (κ1) is 9.39. The van der Waals surface area contributed by atoms with E-state index in [0.29, 0.717) is 19.5 Å². The first-order chi connectivity index (χ1) is 4.70. The van der Waals surface area contributed by atoms with Gasteiger partial charge in [-0.25, -0.2) is 0 Å². The summed E-state index contributed by atoms with van der Waals surface area (Å²) in [4.78, 5) is 10.1. The highest BCUT2D eigenvalue weighted by atomic mass is 16.4. The van der Waals surface area contributed by atoms with E-state index >= 15 is 0 Å². The van der Waals surface area contributed by atoms with Crippen LogP contribution in [-0.2, 0) is 4.79 Å². The van der Waals surface area contributed by atoms with Gasteiger partial charge >= 0.3 is 5.97 Å². The quantitative estimate of drug-likeness (QED) is 0.482. The molecule has 4 heteroatoms. The lowest BCUT2D eigenvalue weighted by atomic mass is 10.0. The van der Waals surface area contributed by atoms with Crippen molar-refractivity contribution in [1.29, 1.82) is 0 Å². The zero-order chi connectivity index (χ0) is 7.98. The average Bonchev–Trinajstić information content (AvgIpc) is 1.86. The van der Waals surface area contributed by atoms with Crippen LogP contribution in [-0.4, -0.2) is 24.2 Å². The molecule has 60 valence electrons. The van der Waals surface area contributed by atoms with Gasteiger partial charge in [-0.2, -0.15) is 0 Å². The number of carboxylic acids is 1. The Bertz CT molecular complexity index is 106. The fraction of sp³-hybridized carbons (Fsp3) is 0.833. The second-order valence-corrected chi connectivity index (χ2v) is 2.28. The molecule has 0 aromatic heterocycles. The van der Waals surface area contributed by atoms with Crippen molar-refractivity contribution in [3.8, 4) is 0 Å². The van der Waals surface area contributed by atoms with Crippen LogP contribution in [0.15, 0.2) is 0 Å². The molecule has 0 bridgehead atoms. The van der Waals surface area contributed by atoms with Crippen molar-refractivity contribution in [2.45, 2.75) is 12.8 Å². The van der Waals surface area contributed by atoms with Crippen LogP contribution in [0.3, 0.4) is 0 Å². The summed E-state index contributed by atoms with van der Waals surface area (Å²) in [5.74, 6) is -0.758. The Balaban J connectivity index is 3.49. The molecule has 0 amide bonds. The van der Waals surface area contributed by atoms with Gasteiger partial charge in [-0.15, -0.1) is 0 Å². The number of rotatable bonds is 5. The Morgan fingerprint density at radius 3 is 2.40 bits per heavy atom. The highest BCUT2D eigenvalue weighted by Gasteiger charge is 2.09. The topological polar surface area (TPSA) is 89.3 Å². The molecule has 0 aromatic rings. The van der Waals surface area contributed by atoms with Crippen molar-refractivity contribution in [2.24, 2.45) is 17.4 Å². The molecule has 0 aliphatic carbocycles. The maximum absolute atomic E-state index is 10.1. The Kier molecular flexibility index (Phi) is 4.88. The second-order valence-electron chi connectivity index (χ2n) is 2.28. The molecule has 4 nitrogen and oxygen atoms in total. The van der Waals surface area contributed by atoms with E-state index in [4.69, 9.17) is 16.6 Å². The molecule has 0 saturated carbocycles. The third kappa shape index (κ3) is 4.29. The normalized spacial score (nSPS) is 13.0. The number of aliphatic carboxylic acids is 1. The highest BCUT2D eigenvalue weighted by Crippen LogP contribution is 2.04. The van der Waals surface area contributed by atoms with Crippen molar-refractivity contribution in [2.75, 3.05) is 13.1 Å². The lowest BCUT2D eigenvalue weighted by Gasteiger charge is -2.08. The van der Waals surface area contributed by atoms with Crippen LogP contribution in [0.25, 0.3) is 0 Å². The predicted octanol–water partition coefficient (Wildman–Crippen LogP) is -0.615. The van der Waals surface area contributed by atoms with Gasteiger partial charge in [-0.3, -0.25) is 4.79 Å². The molecule has 0 radical (unpaired) electrons. The van der Waals surface area contributed by atoms with Crippen molar-refractivity contribution >= 4 is 5.97 Å². The first-order valence-electron chi connectivity index (χ1n) is 3.32. The number of carbonyl (C=O) groups is 1. The van der Waals surface area contributed by atoms with E-state index in [1.807, 2.05) is 0 Å². The SMILES string of the molecule is NCCC(CN)CC(=O)O. The number of hydrogen-bond acceptors (Lipinski definition) is 3. The van der Waals surface area contributed by atoms with E-state index in [-0.39, 0.29) is 12.3 Å². The van der Waals surface area contributed by atoms with E-state index in [2.05, 4.69) is 0 Å². The molecule has 1 unspecified atom stereocenters. The molecular weight excluding hydrogens is 132 g/mol.